The zero-order chi connectivity index (χ0) is 22.6. The van der Waals surface area contributed by atoms with Crippen molar-refractivity contribution in [2.75, 3.05) is 31.1 Å². The summed E-state index contributed by atoms with van der Waals surface area (Å²) in [6.07, 6.45) is 4.45. The SMILES string of the molecule is CCNC(=NCc1ccc(N2CC(C)OC(C)C2)nc1)NCC1(c2cccc(F)c2)CC1.I. The first kappa shape index (κ1) is 25.7. The maximum absolute atomic E-state index is 13.7. The van der Waals surface area contributed by atoms with Crippen molar-refractivity contribution in [2.45, 2.75) is 57.8 Å². The van der Waals surface area contributed by atoms with Crippen LogP contribution in [0.5, 0.6) is 0 Å². The molecule has 2 fully saturated rings. The first-order valence-corrected chi connectivity index (χ1v) is 11.6. The van der Waals surface area contributed by atoms with Crippen molar-refractivity contribution in [1.82, 2.24) is 15.6 Å². The Bertz CT molecular complexity index is 925. The third-order valence-corrected chi connectivity index (χ3v) is 6.20. The molecule has 2 N–H and O–H groups in total. The highest BCUT2D eigenvalue weighted by atomic mass is 127. The van der Waals surface area contributed by atoms with E-state index in [9.17, 15) is 4.39 Å². The lowest BCUT2D eigenvalue weighted by Crippen LogP contribution is -2.45. The Morgan fingerprint density at radius 2 is 1.94 bits per heavy atom. The van der Waals surface area contributed by atoms with Crippen molar-refractivity contribution < 1.29 is 9.13 Å². The average molecular weight is 567 g/mol. The highest BCUT2D eigenvalue weighted by Gasteiger charge is 2.44. The lowest BCUT2D eigenvalue weighted by molar-refractivity contribution is -0.00545. The number of nitrogens with one attached hydrogen (secondary N) is 2. The van der Waals surface area contributed by atoms with E-state index in [1.54, 1.807) is 12.1 Å². The lowest BCUT2D eigenvalue weighted by Gasteiger charge is -2.36. The van der Waals surface area contributed by atoms with Gasteiger partial charge < -0.3 is 20.3 Å². The van der Waals surface area contributed by atoms with Gasteiger partial charge in [-0.25, -0.2) is 14.4 Å². The third kappa shape index (κ3) is 6.79. The number of morpholine rings is 1. The van der Waals surface area contributed by atoms with Crippen molar-refractivity contribution in [3.05, 3.63) is 59.5 Å². The number of guanidine groups is 1. The van der Waals surface area contributed by atoms with Gasteiger partial charge in [-0.3, -0.25) is 0 Å². The van der Waals surface area contributed by atoms with Crippen LogP contribution in [0.3, 0.4) is 0 Å². The minimum Gasteiger partial charge on any atom is -0.372 e. The number of rotatable bonds is 7. The average Bonchev–Trinajstić information content (AvgIpc) is 3.57. The van der Waals surface area contributed by atoms with Gasteiger partial charge >= 0.3 is 0 Å². The Hall–Kier alpha value is -1.94. The summed E-state index contributed by atoms with van der Waals surface area (Å²) in [5.41, 5.74) is 2.13. The Labute approximate surface area is 213 Å². The maximum Gasteiger partial charge on any atom is 0.191 e. The fourth-order valence-electron chi connectivity index (χ4n) is 4.36. The zero-order valence-corrected chi connectivity index (χ0v) is 22.0. The number of hydrogen-bond acceptors (Lipinski definition) is 4. The van der Waals surface area contributed by atoms with Crippen LogP contribution in [-0.2, 0) is 16.7 Å². The van der Waals surface area contributed by atoms with E-state index in [2.05, 4.69) is 53.4 Å². The van der Waals surface area contributed by atoms with E-state index in [0.29, 0.717) is 6.54 Å². The summed E-state index contributed by atoms with van der Waals surface area (Å²) in [6, 6.07) is 11.1. The molecular formula is C25H35FIN5O. The van der Waals surface area contributed by atoms with Crippen molar-refractivity contribution in [1.29, 1.82) is 0 Å². The third-order valence-electron chi connectivity index (χ3n) is 6.20. The fraction of sp³-hybridized carbons (Fsp3) is 0.520. The van der Waals surface area contributed by atoms with Gasteiger partial charge in [-0.15, -0.1) is 24.0 Å². The quantitative estimate of drug-likeness (QED) is 0.298. The van der Waals surface area contributed by atoms with Gasteiger partial charge in [0.1, 0.15) is 11.6 Å². The second-order valence-electron chi connectivity index (χ2n) is 9.03. The Morgan fingerprint density at radius 3 is 2.55 bits per heavy atom. The van der Waals surface area contributed by atoms with Gasteiger partial charge in [0, 0.05) is 37.8 Å². The molecule has 1 saturated heterocycles. The molecule has 1 aromatic carbocycles. The molecule has 0 spiro atoms. The molecule has 2 aliphatic rings. The van der Waals surface area contributed by atoms with Crippen molar-refractivity contribution >= 4 is 35.8 Å². The van der Waals surface area contributed by atoms with Gasteiger partial charge in [0.15, 0.2) is 5.96 Å². The second-order valence-corrected chi connectivity index (χ2v) is 9.03. The minimum atomic E-state index is -0.175. The number of hydrogen-bond donors (Lipinski definition) is 2. The van der Waals surface area contributed by atoms with Crippen LogP contribution in [0.15, 0.2) is 47.6 Å². The van der Waals surface area contributed by atoms with E-state index in [0.717, 1.165) is 61.9 Å². The van der Waals surface area contributed by atoms with Gasteiger partial charge in [0.2, 0.25) is 0 Å². The molecule has 0 radical (unpaired) electrons. The standard InChI is InChI=1S/C25H34FN5O.HI/c1-4-27-24(30-17-25(10-11-25)21-6-5-7-22(26)12-21)29-14-20-8-9-23(28-13-20)31-15-18(2)32-19(3)16-31;/h5-9,12-13,18-19H,4,10-11,14-17H2,1-3H3,(H2,27,29,30);1H. The molecule has 1 aromatic heterocycles. The molecule has 180 valence electrons. The molecule has 2 atom stereocenters. The monoisotopic (exact) mass is 567 g/mol. The van der Waals surface area contributed by atoms with Crippen molar-refractivity contribution in [3.63, 3.8) is 0 Å². The minimum absolute atomic E-state index is 0. The summed E-state index contributed by atoms with van der Waals surface area (Å²) in [4.78, 5) is 11.7. The number of benzene rings is 1. The number of pyridine rings is 1. The molecule has 2 heterocycles. The van der Waals surface area contributed by atoms with E-state index in [1.807, 2.05) is 12.3 Å². The van der Waals surface area contributed by atoms with Crippen LogP contribution < -0.4 is 15.5 Å². The summed E-state index contributed by atoms with van der Waals surface area (Å²) in [5.74, 6) is 1.58. The van der Waals surface area contributed by atoms with Gasteiger partial charge in [-0.2, -0.15) is 0 Å². The Balaban J connectivity index is 0.00000306. The molecule has 0 bridgehead atoms. The van der Waals surface area contributed by atoms with Crippen molar-refractivity contribution in [3.8, 4) is 0 Å². The molecule has 8 heteroatoms. The molecule has 1 saturated carbocycles. The lowest BCUT2D eigenvalue weighted by atomic mass is 9.96. The number of aliphatic imine (C=N–C) groups is 1. The molecule has 2 unspecified atom stereocenters. The second kappa shape index (κ2) is 11.5. The molecule has 1 aliphatic heterocycles. The van der Waals surface area contributed by atoms with Crippen LogP contribution in [0.4, 0.5) is 10.2 Å². The molecule has 33 heavy (non-hydrogen) atoms. The highest BCUT2D eigenvalue weighted by molar-refractivity contribution is 14.0. The smallest absolute Gasteiger partial charge is 0.191 e. The first-order valence-electron chi connectivity index (χ1n) is 11.6. The van der Waals surface area contributed by atoms with Gasteiger partial charge in [-0.05, 0) is 62.9 Å². The van der Waals surface area contributed by atoms with Gasteiger partial charge in [0.25, 0.3) is 0 Å². The predicted molar refractivity (Wildman–Crippen MR) is 142 cm³/mol. The molecular weight excluding hydrogens is 532 g/mol. The van der Waals surface area contributed by atoms with Crippen LogP contribution in [0.2, 0.25) is 0 Å². The molecule has 4 rings (SSSR count). The van der Waals surface area contributed by atoms with Gasteiger partial charge in [0.05, 0.1) is 18.8 Å². The van der Waals surface area contributed by atoms with Crippen LogP contribution in [0.25, 0.3) is 0 Å². The summed E-state index contributed by atoms with van der Waals surface area (Å²) in [5, 5.41) is 6.77. The molecule has 2 aromatic rings. The topological polar surface area (TPSA) is 61.8 Å². The van der Waals surface area contributed by atoms with Crippen LogP contribution in [0, 0.1) is 5.82 Å². The van der Waals surface area contributed by atoms with E-state index >= 15 is 0 Å². The van der Waals surface area contributed by atoms with Crippen molar-refractivity contribution in [2.24, 2.45) is 4.99 Å². The Kier molecular flexibility index (Phi) is 8.92. The van der Waals surface area contributed by atoms with Crippen LogP contribution in [0.1, 0.15) is 44.7 Å². The van der Waals surface area contributed by atoms with E-state index in [-0.39, 0.29) is 47.4 Å². The first-order chi connectivity index (χ1) is 15.5. The summed E-state index contributed by atoms with van der Waals surface area (Å²) < 4.78 is 19.5. The van der Waals surface area contributed by atoms with Crippen LogP contribution >= 0.6 is 24.0 Å². The Morgan fingerprint density at radius 1 is 1.18 bits per heavy atom. The molecule has 1 aliphatic carbocycles. The van der Waals surface area contributed by atoms with E-state index < -0.39 is 0 Å². The highest BCUT2D eigenvalue weighted by Crippen LogP contribution is 2.47. The largest absolute Gasteiger partial charge is 0.372 e. The number of aromatic nitrogens is 1. The predicted octanol–water partition coefficient (Wildman–Crippen LogP) is 4.24. The normalized spacial score (nSPS) is 21.8. The van der Waals surface area contributed by atoms with E-state index in [4.69, 9.17) is 9.73 Å². The summed E-state index contributed by atoms with van der Waals surface area (Å²) in [6.45, 7) is 10.0. The maximum atomic E-state index is 13.7. The fourth-order valence-corrected chi connectivity index (χ4v) is 4.36. The molecule has 0 amide bonds. The van der Waals surface area contributed by atoms with Crippen LogP contribution in [-0.4, -0.2) is 49.3 Å². The molecule has 6 nitrogen and oxygen atoms in total. The number of ether oxygens (including phenoxy) is 1. The van der Waals surface area contributed by atoms with E-state index in [1.165, 1.54) is 6.07 Å². The number of halogens is 2. The van der Waals surface area contributed by atoms with Gasteiger partial charge in [-0.1, -0.05) is 18.2 Å². The number of anilines is 1. The summed E-state index contributed by atoms with van der Waals surface area (Å²) >= 11 is 0. The number of nitrogens with zero attached hydrogens (tertiary/aromatic N) is 3. The zero-order valence-electron chi connectivity index (χ0n) is 19.7. The summed E-state index contributed by atoms with van der Waals surface area (Å²) in [7, 11) is 0.